The molecule has 0 aromatic heterocycles. The van der Waals surface area contributed by atoms with Gasteiger partial charge in [0.1, 0.15) is 23.3 Å². The molecule has 2 aliphatic carbocycles. The summed E-state index contributed by atoms with van der Waals surface area (Å²) in [4.78, 5) is 0. The minimum atomic E-state index is -0.715. The zero-order valence-corrected chi connectivity index (χ0v) is 14.5. The number of halogens is 2. The van der Waals surface area contributed by atoms with Gasteiger partial charge in [-0.15, -0.1) is 0 Å². The van der Waals surface area contributed by atoms with Gasteiger partial charge < -0.3 is 0 Å². The van der Waals surface area contributed by atoms with Crippen LogP contribution in [0.3, 0.4) is 0 Å². The van der Waals surface area contributed by atoms with Gasteiger partial charge in [0, 0.05) is 0 Å². The molecule has 0 radical (unpaired) electrons. The van der Waals surface area contributed by atoms with Crippen molar-refractivity contribution in [1.29, 1.82) is 5.26 Å². The van der Waals surface area contributed by atoms with Crippen LogP contribution in [0.1, 0.15) is 81.8 Å². The van der Waals surface area contributed by atoms with Crippen molar-refractivity contribution in [3.05, 3.63) is 34.9 Å². The molecule has 1 nitrogen and oxygen atoms in total. The van der Waals surface area contributed by atoms with E-state index in [4.69, 9.17) is 5.26 Å². The van der Waals surface area contributed by atoms with Crippen molar-refractivity contribution in [2.24, 2.45) is 17.8 Å². The number of rotatable bonds is 3. The van der Waals surface area contributed by atoms with E-state index in [9.17, 15) is 8.78 Å². The van der Waals surface area contributed by atoms with E-state index in [-0.39, 0.29) is 5.92 Å². The Morgan fingerprint density at radius 3 is 1.88 bits per heavy atom. The summed E-state index contributed by atoms with van der Waals surface area (Å²) in [5.74, 6) is 1.41. The van der Waals surface area contributed by atoms with Crippen molar-refractivity contribution in [1.82, 2.24) is 0 Å². The van der Waals surface area contributed by atoms with Crippen LogP contribution in [-0.4, -0.2) is 0 Å². The van der Waals surface area contributed by atoms with Crippen molar-refractivity contribution in [3.63, 3.8) is 0 Å². The van der Waals surface area contributed by atoms with Gasteiger partial charge in [0.15, 0.2) is 0 Å². The van der Waals surface area contributed by atoms with Crippen molar-refractivity contribution >= 4 is 0 Å². The van der Waals surface area contributed by atoms with Gasteiger partial charge in [-0.2, -0.15) is 5.26 Å². The molecule has 2 aliphatic rings. The Balaban J connectivity index is 1.59. The summed E-state index contributed by atoms with van der Waals surface area (Å²) < 4.78 is 27.7. The number of hydrogen-bond acceptors (Lipinski definition) is 1. The Morgan fingerprint density at radius 1 is 0.917 bits per heavy atom. The van der Waals surface area contributed by atoms with Crippen molar-refractivity contribution in [2.75, 3.05) is 0 Å². The fourth-order valence-corrected chi connectivity index (χ4v) is 4.93. The highest BCUT2D eigenvalue weighted by molar-refractivity contribution is 5.36. The third-order valence-electron chi connectivity index (χ3n) is 6.55. The average Bonchev–Trinajstić information content (AvgIpc) is 2.62. The quantitative estimate of drug-likeness (QED) is 0.635. The van der Waals surface area contributed by atoms with Crippen LogP contribution < -0.4 is 0 Å². The summed E-state index contributed by atoms with van der Waals surface area (Å²) >= 11 is 0. The van der Waals surface area contributed by atoms with E-state index in [0.717, 1.165) is 36.2 Å². The molecule has 0 N–H and O–H groups in total. The Morgan fingerprint density at radius 2 is 1.42 bits per heavy atom. The number of hydrogen-bond donors (Lipinski definition) is 0. The van der Waals surface area contributed by atoms with Crippen LogP contribution >= 0.6 is 0 Å². The molecule has 3 heteroatoms. The zero-order valence-electron chi connectivity index (χ0n) is 14.5. The standard InChI is InChI=1S/C21H27F2N/c1-2-14-3-5-15(6-4-14)16-7-9-17(10-8-16)18-11-20(22)19(13-24)21(23)12-18/h11-12,14-17H,2-10H2,1H3. The first kappa shape index (κ1) is 17.4. The number of nitrogens with zero attached hydrogens (tertiary/aromatic N) is 1. The number of benzene rings is 1. The van der Waals surface area contributed by atoms with Crippen LogP contribution in [-0.2, 0) is 0 Å². The molecule has 0 aliphatic heterocycles. The summed E-state index contributed by atoms with van der Waals surface area (Å²) in [6, 6.07) is 4.35. The molecule has 24 heavy (non-hydrogen) atoms. The molecule has 130 valence electrons. The smallest absolute Gasteiger partial charge is 0.144 e. The summed E-state index contributed by atoms with van der Waals surface area (Å²) in [6.45, 7) is 2.30. The highest BCUT2D eigenvalue weighted by Gasteiger charge is 2.31. The first-order valence-electron chi connectivity index (χ1n) is 9.51. The minimum Gasteiger partial charge on any atom is -0.205 e. The van der Waals surface area contributed by atoms with Gasteiger partial charge in [0.25, 0.3) is 0 Å². The Kier molecular flexibility index (Phi) is 5.54. The van der Waals surface area contributed by atoms with E-state index in [2.05, 4.69) is 6.92 Å². The van der Waals surface area contributed by atoms with Crippen molar-refractivity contribution < 1.29 is 8.78 Å². The first-order chi connectivity index (χ1) is 11.6. The summed E-state index contributed by atoms with van der Waals surface area (Å²) in [7, 11) is 0. The molecule has 2 saturated carbocycles. The fraction of sp³-hybridized carbons (Fsp3) is 0.667. The second-order valence-corrected chi connectivity index (χ2v) is 7.77. The lowest BCUT2D eigenvalue weighted by molar-refractivity contribution is 0.158. The van der Waals surface area contributed by atoms with E-state index in [1.807, 2.05) is 0 Å². The Labute approximate surface area is 144 Å². The van der Waals surface area contributed by atoms with E-state index in [1.165, 1.54) is 57.1 Å². The second-order valence-electron chi connectivity index (χ2n) is 7.77. The lowest BCUT2D eigenvalue weighted by atomic mass is 9.68. The third-order valence-corrected chi connectivity index (χ3v) is 6.55. The van der Waals surface area contributed by atoms with Gasteiger partial charge >= 0.3 is 0 Å². The molecule has 0 bridgehead atoms. The van der Waals surface area contributed by atoms with Crippen molar-refractivity contribution in [3.8, 4) is 6.07 Å². The highest BCUT2D eigenvalue weighted by Crippen LogP contribution is 2.44. The van der Waals surface area contributed by atoms with Gasteiger partial charge in [-0.25, -0.2) is 8.78 Å². The van der Waals surface area contributed by atoms with Gasteiger partial charge in [0.05, 0.1) is 0 Å². The van der Waals surface area contributed by atoms with E-state index < -0.39 is 17.2 Å². The average molecular weight is 331 g/mol. The number of nitriles is 1. The lowest BCUT2D eigenvalue weighted by Gasteiger charge is -2.38. The SMILES string of the molecule is CCC1CCC(C2CCC(c3cc(F)c(C#N)c(F)c3)CC2)CC1. The van der Waals surface area contributed by atoms with Crippen LogP contribution in [0.25, 0.3) is 0 Å². The third kappa shape index (κ3) is 3.63. The molecule has 2 fully saturated rings. The molecule has 1 aromatic carbocycles. The van der Waals surface area contributed by atoms with E-state index >= 15 is 0 Å². The van der Waals surface area contributed by atoms with Gasteiger partial charge in [-0.1, -0.05) is 26.2 Å². The normalized spacial score (nSPS) is 30.8. The molecular formula is C21H27F2N. The fourth-order valence-electron chi connectivity index (χ4n) is 4.93. The van der Waals surface area contributed by atoms with Gasteiger partial charge in [-0.3, -0.25) is 0 Å². The largest absolute Gasteiger partial charge is 0.205 e. The molecular weight excluding hydrogens is 304 g/mol. The summed E-state index contributed by atoms with van der Waals surface area (Å²) in [6.07, 6.45) is 11.2. The van der Waals surface area contributed by atoms with E-state index in [0.29, 0.717) is 0 Å². The molecule has 0 heterocycles. The summed E-state index contributed by atoms with van der Waals surface area (Å²) in [5.41, 5.74) is 0.275. The maximum absolute atomic E-state index is 13.8. The predicted molar refractivity (Wildman–Crippen MR) is 91.5 cm³/mol. The molecule has 0 unspecified atom stereocenters. The Hall–Kier alpha value is -1.43. The maximum Gasteiger partial charge on any atom is 0.144 e. The van der Waals surface area contributed by atoms with Crippen LogP contribution in [0.15, 0.2) is 12.1 Å². The maximum atomic E-state index is 13.8. The molecule has 0 saturated heterocycles. The van der Waals surface area contributed by atoms with Crippen molar-refractivity contribution in [2.45, 2.75) is 70.6 Å². The van der Waals surface area contributed by atoms with Crippen LogP contribution in [0.4, 0.5) is 8.78 Å². The molecule has 3 rings (SSSR count). The summed E-state index contributed by atoms with van der Waals surface area (Å²) in [5, 5.41) is 8.79. The molecule has 1 aromatic rings. The van der Waals surface area contributed by atoms with Crippen LogP contribution in [0.5, 0.6) is 0 Å². The predicted octanol–water partition coefficient (Wildman–Crippen LogP) is 6.33. The second kappa shape index (κ2) is 7.64. The van der Waals surface area contributed by atoms with Crippen LogP contribution in [0, 0.1) is 40.7 Å². The zero-order chi connectivity index (χ0) is 17.1. The monoisotopic (exact) mass is 331 g/mol. The first-order valence-corrected chi connectivity index (χ1v) is 9.51. The minimum absolute atomic E-state index is 0.241. The van der Waals surface area contributed by atoms with Crippen LogP contribution in [0.2, 0.25) is 0 Å². The molecule has 0 spiro atoms. The Bertz CT molecular complexity index is 580. The molecule has 0 atom stereocenters. The topological polar surface area (TPSA) is 23.8 Å². The lowest BCUT2D eigenvalue weighted by Crippen LogP contribution is -2.25. The van der Waals surface area contributed by atoms with E-state index in [1.54, 1.807) is 6.07 Å². The highest BCUT2D eigenvalue weighted by atomic mass is 19.1. The van der Waals surface area contributed by atoms with Gasteiger partial charge in [0.2, 0.25) is 0 Å². The molecule has 0 amide bonds. The van der Waals surface area contributed by atoms with Gasteiger partial charge in [-0.05, 0) is 79.9 Å².